The first kappa shape index (κ1) is 20.1. The van der Waals surface area contributed by atoms with Crippen molar-refractivity contribution in [2.45, 2.75) is 17.9 Å². The SMILES string of the molecule is CC(NC(=O)CN(C)S(=O)(=O)c1ccc(Br)cc1)c1ccc(Br)cc1. The Balaban J connectivity index is 2.01. The number of benzene rings is 2. The average molecular weight is 490 g/mol. The standard InChI is InChI=1S/C17H18Br2N2O3S/c1-12(13-3-5-14(18)6-4-13)20-17(22)11-21(2)25(23,24)16-9-7-15(19)8-10-16/h3-10,12H,11H2,1-2H3,(H,20,22). The van der Waals surface area contributed by atoms with Crippen LogP contribution in [0.2, 0.25) is 0 Å². The monoisotopic (exact) mass is 488 g/mol. The summed E-state index contributed by atoms with van der Waals surface area (Å²) in [5.74, 6) is -0.362. The normalized spacial score (nSPS) is 12.8. The maximum absolute atomic E-state index is 12.5. The van der Waals surface area contributed by atoms with Crippen molar-refractivity contribution in [2.75, 3.05) is 13.6 Å². The Bertz CT molecular complexity index is 837. The molecule has 0 aliphatic carbocycles. The number of carbonyl (C=O) groups is 1. The van der Waals surface area contributed by atoms with Gasteiger partial charge in [0.1, 0.15) is 0 Å². The highest BCUT2D eigenvalue weighted by atomic mass is 79.9. The second-order valence-corrected chi connectivity index (χ2v) is 9.43. The number of amides is 1. The van der Waals surface area contributed by atoms with Crippen molar-refractivity contribution in [1.82, 2.24) is 9.62 Å². The van der Waals surface area contributed by atoms with Crippen LogP contribution in [-0.4, -0.2) is 32.2 Å². The predicted octanol–water partition coefficient (Wildman–Crippen LogP) is 3.71. The summed E-state index contributed by atoms with van der Waals surface area (Å²) in [4.78, 5) is 12.3. The summed E-state index contributed by atoms with van der Waals surface area (Å²) in [7, 11) is -2.32. The van der Waals surface area contributed by atoms with E-state index >= 15 is 0 Å². The third kappa shape index (κ3) is 5.37. The molecule has 2 aromatic carbocycles. The Morgan fingerprint density at radius 3 is 2.04 bits per heavy atom. The Kier molecular flexibility index (Phi) is 6.79. The van der Waals surface area contributed by atoms with Crippen molar-refractivity contribution in [3.8, 4) is 0 Å². The highest BCUT2D eigenvalue weighted by Gasteiger charge is 2.23. The molecule has 0 saturated heterocycles. The summed E-state index contributed by atoms with van der Waals surface area (Å²) in [6, 6.07) is 13.7. The molecule has 25 heavy (non-hydrogen) atoms. The van der Waals surface area contributed by atoms with Gasteiger partial charge in [-0.1, -0.05) is 44.0 Å². The summed E-state index contributed by atoms with van der Waals surface area (Å²) in [5.41, 5.74) is 0.940. The van der Waals surface area contributed by atoms with E-state index in [1.807, 2.05) is 31.2 Å². The number of nitrogens with zero attached hydrogens (tertiary/aromatic N) is 1. The molecule has 1 unspecified atom stereocenters. The molecule has 5 nitrogen and oxygen atoms in total. The first-order chi connectivity index (χ1) is 11.7. The minimum Gasteiger partial charge on any atom is -0.348 e. The van der Waals surface area contributed by atoms with E-state index in [1.165, 1.54) is 19.2 Å². The van der Waals surface area contributed by atoms with Gasteiger partial charge in [0.2, 0.25) is 15.9 Å². The molecule has 2 aromatic rings. The molecule has 8 heteroatoms. The topological polar surface area (TPSA) is 66.5 Å². The number of halogens is 2. The number of hydrogen-bond acceptors (Lipinski definition) is 3. The summed E-state index contributed by atoms with van der Waals surface area (Å²) in [5, 5.41) is 2.81. The van der Waals surface area contributed by atoms with E-state index < -0.39 is 10.0 Å². The molecule has 1 N–H and O–H groups in total. The fourth-order valence-corrected chi connectivity index (χ4v) is 3.85. The highest BCUT2D eigenvalue weighted by Crippen LogP contribution is 2.19. The Hall–Kier alpha value is -1.22. The highest BCUT2D eigenvalue weighted by molar-refractivity contribution is 9.10. The lowest BCUT2D eigenvalue weighted by molar-refractivity contribution is -0.121. The van der Waals surface area contributed by atoms with E-state index in [2.05, 4.69) is 37.2 Å². The molecule has 0 spiro atoms. The van der Waals surface area contributed by atoms with E-state index in [0.29, 0.717) is 0 Å². The minimum atomic E-state index is -3.71. The smallest absolute Gasteiger partial charge is 0.243 e. The third-order valence-corrected chi connectivity index (χ3v) is 6.51. The predicted molar refractivity (Wildman–Crippen MR) is 105 cm³/mol. The molecule has 1 amide bonds. The van der Waals surface area contributed by atoms with Crippen molar-refractivity contribution in [1.29, 1.82) is 0 Å². The van der Waals surface area contributed by atoms with Gasteiger partial charge in [0.25, 0.3) is 0 Å². The number of nitrogens with one attached hydrogen (secondary N) is 1. The van der Waals surface area contributed by atoms with Crippen LogP contribution >= 0.6 is 31.9 Å². The minimum absolute atomic E-state index is 0.145. The van der Waals surface area contributed by atoms with Crippen LogP contribution in [0.5, 0.6) is 0 Å². The molecule has 0 heterocycles. The largest absolute Gasteiger partial charge is 0.348 e. The lowest BCUT2D eigenvalue weighted by Crippen LogP contribution is -2.39. The lowest BCUT2D eigenvalue weighted by Gasteiger charge is -2.19. The van der Waals surface area contributed by atoms with Crippen LogP contribution in [0.25, 0.3) is 0 Å². The molecule has 0 bridgehead atoms. The molecular formula is C17H18Br2N2O3S. The maximum atomic E-state index is 12.5. The van der Waals surface area contributed by atoms with E-state index in [-0.39, 0.29) is 23.4 Å². The molecular weight excluding hydrogens is 472 g/mol. The maximum Gasteiger partial charge on any atom is 0.243 e. The lowest BCUT2D eigenvalue weighted by atomic mass is 10.1. The van der Waals surface area contributed by atoms with E-state index in [4.69, 9.17) is 0 Å². The second kappa shape index (κ2) is 8.44. The van der Waals surface area contributed by atoms with E-state index in [0.717, 1.165) is 18.8 Å². The van der Waals surface area contributed by atoms with Gasteiger partial charge in [0.15, 0.2) is 0 Å². The van der Waals surface area contributed by atoms with Gasteiger partial charge in [-0.2, -0.15) is 4.31 Å². The van der Waals surface area contributed by atoms with Crippen LogP contribution in [0, 0.1) is 0 Å². The van der Waals surface area contributed by atoms with E-state index in [1.54, 1.807) is 12.1 Å². The molecule has 1 atom stereocenters. The van der Waals surface area contributed by atoms with Crippen LogP contribution < -0.4 is 5.32 Å². The molecule has 0 fully saturated rings. The number of sulfonamides is 1. The molecule has 0 aliphatic heterocycles. The molecule has 134 valence electrons. The average Bonchev–Trinajstić information content (AvgIpc) is 2.55. The summed E-state index contributed by atoms with van der Waals surface area (Å²) >= 11 is 6.63. The zero-order chi connectivity index (χ0) is 18.6. The van der Waals surface area contributed by atoms with Crippen molar-refractivity contribution in [2.24, 2.45) is 0 Å². The zero-order valence-electron chi connectivity index (χ0n) is 13.7. The van der Waals surface area contributed by atoms with Crippen LogP contribution in [0.1, 0.15) is 18.5 Å². The fraction of sp³-hybridized carbons (Fsp3) is 0.235. The van der Waals surface area contributed by atoms with Gasteiger partial charge in [-0.15, -0.1) is 0 Å². The fourth-order valence-electron chi connectivity index (χ4n) is 2.20. The van der Waals surface area contributed by atoms with Crippen LogP contribution in [-0.2, 0) is 14.8 Å². The van der Waals surface area contributed by atoms with Crippen molar-refractivity contribution < 1.29 is 13.2 Å². The van der Waals surface area contributed by atoms with Crippen molar-refractivity contribution >= 4 is 47.8 Å². The quantitative estimate of drug-likeness (QED) is 0.672. The second-order valence-electron chi connectivity index (χ2n) is 5.56. The van der Waals surface area contributed by atoms with Gasteiger partial charge in [-0.3, -0.25) is 4.79 Å². The summed E-state index contributed by atoms with van der Waals surface area (Å²) in [6.45, 7) is 1.60. The van der Waals surface area contributed by atoms with Gasteiger partial charge in [0.05, 0.1) is 17.5 Å². The van der Waals surface area contributed by atoms with Gasteiger partial charge < -0.3 is 5.32 Å². The first-order valence-corrected chi connectivity index (χ1v) is 10.5. The Labute approximate surface area is 164 Å². The first-order valence-electron chi connectivity index (χ1n) is 7.47. The molecule has 0 radical (unpaired) electrons. The number of hydrogen-bond donors (Lipinski definition) is 1. The summed E-state index contributed by atoms with van der Waals surface area (Å²) in [6.07, 6.45) is 0. The molecule has 0 saturated carbocycles. The van der Waals surface area contributed by atoms with Crippen LogP contribution in [0.3, 0.4) is 0 Å². The Morgan fingerprint density at radius 2 is 1.52 bits per heavy atom. The van der Waals surface area contributed by atoms with Crippen LogP contribution in [0.4, 0.5) is 0 Å². The van der Waals surface area contributed by atoms with E-state index in [9.17, 15) is 13.2 Å². The van der Waals surface area contributed by atoms with Crippen molar-refractivity contribution in [3.63, 3.8) is 0 Å². The van der Waals surface area contributed by atoms with Crippen LogP contribution in [0.15, 0.2) is 62.4 Å². The zero-order valence-corrected chi connectivity index (χ0v) is 17.7. The van der Waals surface area contributed by atoms with Gasteiger partial charge in [0, 0.05) is 16.0 Å². The summed E-state index contributed by atoms with van der Waals surface area (Å²) < 4.78 is 27.8. The number of carbonyl (C=O) groups excluding carboxylic acids is 1. The van der Waals surface area contributed by atoms with Crippen molar-refractivity contribution in [3.05, 3.63) is 63.0 Å². The molecule has 0 aliphatic rings. The molecule has 0 aromatic heterocycles. The Morgan fingerprint density at radius 1 is 1.04 bits per heavy atom. The van der Waals surface area contributed by atoms with Gasteiger partial charge in [-0.05, 0) is 48.9 Å². The molecule has 2 rings (SSSR count). The van der Waals surface area contributed by atoms with Gasteiger partial charge >= 0.3 is 0 Å². The van der Waals surface area contributed by atoms with Gasteiger partial charge in [-0.25, -0.2) is 8.42 Å². The number of rotatable bonds is 6. The third-order valence-electron chi connectivity index (χ3n) is 3.64. The number of likely N-dealkylation sites (N-methyl/N-ethyl adjacent to an activating group) is 1.